The van der Waals surface area contributed by atoms with Gasteiger partial charge in [0.25, 0.3) is 5.91 Å². The first-order valence-corrected chi connectivity index (χ1v) is 14.7. The molecule has 0 spiro atoms. The fourth-order valence-electron chi connectivity index (χ4n) is 4.81. The molecule has 1 aliphatic carbocycles. The number of hydrogen-bond acceptors (Lipinski definition) is 9. The van der Waals surface area contributed by atoms with Gasteiger partial charge >= 0.3 is 6.18 Å². The van der Waals surface area contributed by atoms with Gasteiger partial charge in [0, 0.05) is 17.8 Å². The van der Waals surface area contributed by atoms with E-state index in [0.29, 0.717) is 36.7 Å². The molecule has 1 amide bonds. The average molecular weight is 587 g/mol. The second kappa shape index (κ2) is 12.1. The summed E-state index contributed by atoms with van der Waals surface area (Å²) in [5.41, 5.74) is -0.498. The summed E-state index contributed by atoms with van der Waals surface area (Å²) in [5.74, 6) is -0.911. The van der Waals surface area contributed by atoms with Crippen molar-refractivity contribution >= 4 is 27.6 Å². The number of halogens is 3. The molecule has 2 atom stereocenters. The smallest absolute Gasteiger partial charge is 0.423 e. The van der Waals surface area contributed by atoms with Gasteiger partial charge in [-0.2, -0.15) is 18.2 Å². The third-order valence-electron chi connectivity index (χ3n) is 6.90. The number of rotatable bonds is 9. The maximum absolute atomic E-state index is 13.7. The van der Waals surface area contributed by atoms with Crippen molar-refractivity contribution in [2.75, 3.05) is 38.8 Å². The van der Waals surface area contributed by atoms with E-state index < -0.39 is 39.8 Å². The molecule has 40 heavy (non-hydrogen) atoms. The minimum atomic E-state index is -4.80. The van der Waals surface area contributed by atoms with Gasteiger partial charge in [-0.3, -0.25) is 4.79 Å². The van der Waals surface area contributed by atoms with Crippen molar-refractivity contribution in [1.29, 1.82) is 0 Å². The highest BCUT2D eigenvalue weighted by atomic mass is 32.2. The van der Waals surface area contributed by atoms with Gasteiger partial charge in [-0.15, -0.1) is 0 Å². The number of piperidine rings is 1. The zero-order valence-electron chi connectivity index (χ0n) is 22.4. The lowest BCUT2D eigenvalue weighted by Gasteiger charge is -2.29. The van der Waals surface area contributed by atoms with Crippen LogP contribution in [0.4, 0.5) is 24.8 Å². The molecule has 2 unspecified atom stereocenters. The van der Waals surface area contributed by atoms with Crippen molar-refractivity contribution in [3.8, 4) is 11.6 Å². The standard InChI is InChI=1S/C25H33F3N6O5S/c1-34-11-9-16(10-12-34)30-22(35)15-7-8-18(21(13-15)38-2)31-24-29-14-17(25(26,27)28)23(32-24)39-20-6-4-5-19(20)33-40(3,36)37/h7-8,13-14,16,19-20,33H,4-6,9-12H2,1-3H3,(H,30,35)(H,29,31,32). The van der Waals surface area contributed by atoms with Gasteiger partial charge in [0.1, 0.15) is 17.4 Å². The number of ether oxygens (including phenoxy) is 2. The van der Waals surface area contributed by atoms with Gasteiger partial charge in [0.2, 0.25) is 21.9 Å². The third-order valence-corrected chi connectivity index (χ3v) is 7.64. The van der Waals surface area contributed by atoms with Crippen molar-refractivity contribution in [2.24, 2.45) is 0 Å². The first kappa shape index (κ1) is 29.8. The Morgan fingerprint density at radius 1 is 1.15 bits per heavy atom. The van der Waals surface area contributed by atoms with Crippen LogP contribution >= 0.6 is 0 Å². The van der Waals surface area contributed by atoms with E-state index in [-0.39, 0.29) is 23.6 Å². The molecule has 2 aliphatic rings. The Bertz CT molecular complexity index is 1320. The van der Waals surface area contributed by atoms with E-state index in [1.54, 1.807) is 12.1 Å². The molecular formula is C25H33F3N6O5S. The molecule has 11 nitrogen and oxygen atoms in total. The van der Waals surface area contributed by atoms with Crippen LogP contribution in [0, 0.1) is 0 Å². The number of carbonyl (C=O) groups is 1. The van der Waals surface area contributed by atoms with Gasteiger partial charge in [0.15, 0.2) is 0 Å². The Morgan fingerprint density at radius 2 is 1.88 bits per heavy atom. The molecule has 1 aliphatic heterocycles. The molecule has 1 aromatic heterocycles. The maximum atomic E-state index is 13.7. The molecule has 1 saturated heterocycles. The van der Waals surface area contributed by atoms with Crippen LogP contribution in [0.3, 0.4) is 0 Å². The zero-order valence-corrected chi connectivity index (χ0v) is 23.2. The number of alkyl halides is 3. The first-order chi connectivity index (χ1) is 18.8. The SMILES string of the molecule is COc1cc(C(=O)NC2CCN(C)CC2)ccc1Nc1ncc(C(F)(F)F)c(OC2CCCC2NS(C)(=O)=O)n1. The number of methoxy groups -OCH3 is 1. The topological polar surface area (TPSA) is 135 Å². The molecule has 0 bridgehead atoms. The Labute approximate surface area is 230 Å². The monoisotopic (exact) mass is 586 g/mol. The van der Waals surface area contributed by atoms with E-state index >= 15 is 0 Å². The van der Waals surface area contributed by atoms with Crippen molar-refractivity contribution in [1.82, 2.24) is 24.9 Å². The quantitative estimate of drug-likeness (QED) is 0.405. The molecule has 4 rings (SSSR count). The van der Waals surface area contributed by atoms with Crippen LogP contribution in [0.15, 0.2) is 24.4 Å². The van der Waals surface area contributed by atoms with E-state index in [1.165, 1.54) is 13.2 Å². The second-order valence-electron chi connectivity index (χ2n) is 10.1. The number of aromatic nitrogens is 2. The second-order valence-corrected chi connectivity index (χ2v) is 11.9. The number of benzene rings is 1. The molecule has 3 N–H and O–H groups in total. The summed E-state index contributed by atoms with van der Waals surface area (Å²) in [6.45, 7) is 1.79. The van der Waals surface area contributed by atoms with Crippen LogP contribution in [0.1, 0.15) is 48.0 Å². The number of hydrogen-bond donors (Lipinski definition) is 3. The minimum Gasteiger partial charge on any atom is -0.495 e. The first-order valence-electron chi connectivity index (χ1n) is 12.8. The largest absolute Gasteiger partial charge is 0.495 e. The van der Waals surface area contributed by atoms with Gasteiger partial charge < -0.3 is 25.0 Å². The molecule has 1 aromatic carbocycles. The van der Waals surface area contributed by atoms with Crippen LogP contribution in [-0.4, -0.2) is 80.9 Å². The lowest BCUT2D eigenvalue weighted by atomic mass is 10.0. The zero-order chi connectivity index (χ0) is 29.1. The number of carbonyl (C=O) groups excluding carboxylic acids is 1. The highest BCUT2D eigenvalue weighted by Gasteiger charge is 2.39. The van der Waals surface area contributed by atoms with Gasteiger partial charge in [-0.05, 0) is 70.4 Å². The number of likely N-dealkylation sites (tertiary alicyclic amines) is 1. The normalized spacial score (nSPS) is 20.8. The van der Waals surface area contributed by atoms with E-state index in [4.69, 9.17) is 9.47 Å². The number of nitrogens with zero attached hydrogens (tertiary/aromatic N) is 3. The number of sulfonamides is 1. The molecule has 0 radical (unpaired) electrons. The number of amides is 1. The molecule has 2 fully saturated rings. The summed E-state index contributed by atoms with van der Waals surface area (Å²) in [5, 5.41) is 5.85. The van der Waals surface area contributed by atoms with Crippen LogP contribution in [0.2, 0.25) is 0 Å². The highest BCUT2D eigenvalue weighted by Crippen LogP contribution is 2.38. The van der Waals surface area contributed by atoms with E-state index in [1.807, 2.05) is 7.05 Å². The van der Waals surface area contributed by atoms with E-state index in [9.17, 15) is 26.4 Å². The summed E-state index contributed by atoms with van der Waals surface area (Å²) in [7, 11) is -0.157. The fourth-order valence-corrected chi connectivity index (χ4v) is 5.63. The Morgan fingerprint density at radius 3 is 2.52 bits per heavy atom. The predicted molar refractivity (Wildman–Crippen MR) is 141 cm³/mol. The van der Waals surface area contributed by atoms with Crippen LogP contribution in [0.25, 0.3) is 0 Å². The molecule has 2 heterocycles. The summed E-state index contributed by atoms with van der Waals surface area (Å²) in [4.78, 5) is 22.8. The Hall–Kier alpha value is -3.17. The third kappa shape index (κ3) is 7.73. The minimum absolute atomic E-state index is 0.0681. The maximum Gasteiger partial charge on any atom is 0.423 e. The molecular weight excluding hydrogens is 553 g/mol. The predicted octanol–water partition coefficient (Wildman–Crippen LogP) is 2.92. The van der Waals surface area contributed by atoms with Crippen molar-refractivity contribution in [2.45, 2.75) is 56.5 Å². The van der Waals surface area contributed by atoms with Crippen LogP contribution < -0.4 is 24.8 Å². The summed E-state index contributed by atoms with van der Waals surface area (Å²) in [6, 6.07) is 4.02. The van der Waals surface area contributed by atoms with E-state index in [2.05, 4.69) is 30.2 Å². The van der Waals surface area contributed by atoms with Crippen molar-refractivity contribution in [3.05, 3.63) is 35.5 Å². The van der Waals surface area contributed by atoms with Gasteiger partial charge in [-0.25, -0.2) is 18.1 Å². The average Bonchev–Trinajstić information content (AvgIpc) is 3.29. The van der Waals surface area contributed by atoms with Crippen LogP contribution in [0.5, 0.6) is 11.6 Å². The number of nitrogens with one attached hydrogen (secondary N) is 3. The van der Waals surface area contributed by atoms with Gasteiger partial charge in [0.05, 0.1) is 25.1 Å². The Balaban J connectivity index is 1.53. The summed E-state index contributed by atoms with van der Waals surface area (Å²) < 4.78 is 78.0. The summed E-state index contributed by atoms with van der Waals surface area (Å²) in [6.07, 6.45) is -1.01. The lowest BCUT2D eigenvalue weighted by molar-refractivity contribution is -0.140. The lowest BCUT2D eigenvalue weighted by Crippen LogP contribution is -2.43. The fraction of sp³-hybridized carbons (Fsp3) is 0.560. The molecule has 15 heteroatoms. The highest BCUT2D eigenvalue weighted by molar-refractivity contribution is 7.88. The van der Waals surface area contributed by atoms with Crippen molar-refractivity contribution in [3.63, 3.8) is 0 Å². The molecule has 220 valence electrons. The molecule has 2 aromatic rings. The number of anilines is 2. The molecule has 1 saturated carbocycles. The van der Waals surface area contributed by atoms with Crippen LogP contribution in [-0.2, 0) is 16.2 Å². The van der Waals surface area contributed by atoms with Gasteiger partial charge in [-0.1, -0.05) is 0 Å². The summed E-state index contributed by atoms with van der Waals surface area (Å²) >= 11 is 0. The van der Waals surface area contributed by atoms with Crippen molar-refractivity contribution < 1.29 is 35.9 Å². The van der Waals surface area contributed by atoms with E-state index in [0.717, 1.165) is 32.2 Å². The Kier molecular flexibility index (Phi) is 9.05.